The summed E-state index contributed by atoms with van der Waals surface area (Å²) < 4.78 is 5.14. The second kappa shape index (κ2) is 6.97. The van der Waals surface area contributed by atoms with Crippen LogP contribution in [0.5, 0.6) is 5.75 Å². The highest BCUT2D eigenvalue weighted by Crippen LogP contribution is 2.28. The molecule has 2 aromatic rings. The van der Waals surface area contributed by atoms with Crippen LogP contribution in [-0.4, -0.2) is 25.5 Å². The molecule has 0 saturated carbocycles. The highest BCUT2D eigenvalue weighted by molar-refractivity contribution is 6.03. The first-order valence-electron chi connectivity index (χ1n) is 8.31. The first-order chi connectivity index (χ1) is 12.0. The Labute approximate surface area is 147 Å². The van der Waals surface area contributed by atoms with Gasteiger partial charge in [0.15, 0.2) is 0 Å². The average Bonchev–Trinajstić information content (AvgIpc) is 3.01. The number of ether oxygens (including phenoxy) is 1. The van der Waals surface area contributed by atoms with Gasteiger partial charge in [-0.05, 0) is 55.3 Å². The molecule has 0 radical (unpaired) electrons. The Bertz CT molecular complexity index is 799. The van der Waals surface area contributed by atoms with Gasteiger partial charge in [0.2, 0.25) is 11.8 Å². The van der Waals surface area contributed by atoms with Crippen molar-refractivity contribution in [1.82, 2.24) is 0 Å². The standard InChI is InChI=1S/C20H22N2O3/c1-13-5-4-6-18(14(13)2)21-20(24)15-11-19(23)22(12-15)16-7-9-17(25-3)10-8-16/h4-10,15H,11-12H2,1-3H3,(H,21,24)/t15-/m1/s1. The third-order valence-corrected chi connectivity index (χ3v) is 4.74. The number of benzene rings is 2. The van der Waals surface area contributed by atoms with Crippen LogP contribution in [0.3, 0.4) is 0 Å². The van der Waals surface area contributed by atoms with Crippen molar-refractivity contribution < 1.29 is 14.3 Å². The van der Waals surface area contributed by atoms with E-state index in [-0.39, 0.29) is 24.2 Å². The molecule has 1 saturated heterocycles. The van der Waals surface area contributed by atoms with Crippen LogP contribution in [0.4, 0.5) is 11.4 Å². The Kier molecular flexibility index (Phi) is 4.74. The van der Waals surface area contributed by atoms with Gasteiger partial charge >= 0.3 is 0 Å². The zero-order chi connectivity index (χ0) is 18.0. The lowest BCUT2D eigenvalue weighted by Crippen LogP contribution is -2.28. The molecule has 2 amide bonds. The maximum absolute atomic E-state index is 12.6. The molecule has 1 N–H and O–H groups in total. The van der Waals surface area contributed by atoms with Crippen molar-refractivity contribution >= 4 is 23.2 Å². The molecule has 1 fully saturated rings. The van der Waals surface area contributed by atoms with Gasteiger partial charge in [-0.1, -0.05) is 12.1 Å². The molecule has 25 heavy (non-hydrogen) atoms. The van der Waals surface area contributed by atoms with Crippen molar-refractivity contribution in [1.29, 1.82) is 0 Å². The number of carbonyl (C=O) groups excluding carboxylic acids is 2. The van der Waals surface area contributed by atoms with E-state index in [1.54, 1.807) is 12.0 Å². The molecule has 5 nitrogen and oxygen atoms in total. The molecule has 1 aliphatic heterocycles. The molecule has 5 heteroatoms. The Hall–Kier alpha value is -2.82. The summed E-state index contributed by atoms with van der Waals surface area (Å²) in [7, 11) is 1.60. The van der Waals surface area contributed by atoms with E-state index in [0.29, 0.717) is 6.54 Å². The molecule has 0 unspecified atom stereocenters. The van der Waals surface area contributed by atoms with Gasteiger partial charge in [-0.3, -0.25) is 9.59 Å². The summed E-state index contributed by atoms with van der Waals surface area (Å²) in [5, 5.41) is 2.97. The Morgan fingerprint density at radius 1 is 1.16 bits per heavy atom. The van der Waals surface area contributed by atoms with Gasteiger partial charge in [-0.2, -0.15) is 0 Å². The van der Waals surface area contributed by atoms with Crippen LogP contribution in [0.2, 0.25) is 0 Å². The van der Waals surface area contributed by atoms with Gasteiger partial charge in [0, 0.05) is 24.3 Å². The number of carbonyl (C=O) groups is 2. The van der Waals surface area contributed by atoms with Crippen LogP contribution in [-0.2, 0) is 9.59 Å². The second-order valence-corrected chi connectivity index (χ2v) is 6.34. The number of aryl methyl sites for hydroxylation is 1. The fraction of sp³-hybridized carbons (Fsp3) is 0.300. The van der Waals surface area contributed by atoms with Crippen molar-refractivity contribution in [2.24, 2.45) is 5.92 Å². The molecule has 0 spiro atoms. The summed E-state index contributed by atoms with van der Waals surface area (Å²) >= 11 is 0. The minimum absolute atomic E-state index is 0.0359. The summed E-state index contributed by atoms with van der Waals surface area (Å²) in [4.78, 5) is 26.6. The van der Waals surface area contributed by atoms with Gasteiger partial charge in [0.05, 0.1) is 13.0 Å². The summed E-state index contributed by atoms with van der Waals surface area (Å²) in [5.41, 5.74) is 3.76. The van der Waals surface area contributed by atoms with Crippen LogP contribution in [0.15, 0.2) is 42.5 Å². The van der Waals surface area contributed by atoms with Crippen molar-refractivity contribution in [2.45, 2.75) is 20.3 Å². The Morgan fingerprint density at radius 2 is 1.88 bits per heavy atom. The minimum atomic E-state index is -0.352. The predicted octanol–water partition coefficient (Wildman–Crippen LogP) is 3.30. The fourth-order valence-electron chi connectivity index (χ4n) is 3.02. The zero-order valence-corrected chi connectivity index (χ0v) is 14.7. The van der Waals surface area contributed by atoms with Gasteiger partial charge in [0.1, 0.15) is 5.75 Å². The van der Waals surface area contributed by atoms with Crippen LogP contribution < -0.4 is 15.0 Å². The zero-order valence-electron chi connectivity index (χ0n) is 14.7. The van der Waals surface area contributed by atoms with Crippen molar-refractivity contribution in [3.05, 3.63) is 53.6 Å². The van der Waals surface area contributed by atoms with Gasteiger partial charge < -0.3 is 15.0 Å². The quantitative estimate of drug-likeness (QED) is 0.930. The number of anilines is 2. The van der Waals surface area contributed by atoms with Crippen LogP contribution >= 0.6 is 0 Å². The van der Waals surface area contributed by atoms with Gasteiger partial charge in [-0.15, -0.1) is 0 Å². The monoisotopic (exact) mass is 338 g/mol. The van der Waals surface area contributed by atoms with E-state index >= 15 is 0 Å². The van der Waals surface area contributed by atoms with Gasteiger partial charge in [0.25, 0.3) is 0 Å². The van der Waals surface area contributed by atoms with Crippen molar-refractivity contribution in [3.63, 3.8) is 0 Å². The number of hydrogen-bond donors (Lipinski definition) is 1. The number of amides is 2. The highest BCUT2D eigenvalue weighted by atomic mass is 16.5. The van der Waals surface area contributed by atoms with E-state index in [2.05, 4.69) is 5.32 Å². The lowest BCUT2D eigenvalue weighted by Gasteiger charge is -2.17. The fourth-order valence-corrected chi connectivity index (χ4v) is 3.02. The smallest absolute Gasteiger partial charge is 0.229 e. The first kappa shape index (κ1) is 17.0. The summed E-state index contributed by atoms with van der Waals surface area (Å²) in [5.74, 6) is 0.235. The third-order valence-electron chi connectivity index (χ3n) is 4.74. The van der Waals surface area contributed by atoms with Crippen LogP contribution in [0, 0.1) is 19.8 Å². The molecular formula is C20H22N2O3. The maximum Gasteiger partial charge on any atom is 0.229 e. The maximum atomic E-state index is 12.6. The Morgan fingerprint density at radius 3 is 2.56 bits per heavy atom. The van der Waals surface area contributed by atoms with E-state index in [1.165, 1.54) is 0 Å². The molecular weight excluding hydrogens is 316 g/mol. The number of hydrogen-bond acceptors (Lipinski definition) is 3. The predicted molar refractivity (Wildman–Crippen MR) is 98.0 cm³/mol. The third kappa shape index (κ3) is 3.50. The summed E-state index contributed by atoms with van der Waals surface area (Å²) in [6.07, 6.45) is 0.225. The molecule has 0 aromatic heterocycles. The van der Waals surface area contributed by atoms with Crippen molar-refractivity contribution in [3.8, 4) is 5.75 Å². The van der Waals surface area contributed by atoms with Crippen molar-refractivity contribution in [2.75, 3.05) is 23.9 Å². The SMILES string of the molecule is COc1ccc(N2C[C@H](C(=O)Nc3cccc(C)c3C)CC2=O)cc1. The topological polar surface area (TPSA) is 58.6 Å². The Balaban J connectivity index is 1.71. The molecule has 130 valence electrons. The highest BCUT2D eigenvalue weighted by Gasteiger charge is 2.35. The number of methoxy groups -OCH3 is 1. The number of nitrogens with one attached hydrogen (secondary N) is 1. The molecule has 0 aliphatic carbocycles. The molecule has 1 atom stereocenters. The molecule has 3 rings (SSSR count). The number of nitrogens with zero attached hydrogens (tertiary/aromatic N) is 1. The normalized spacial score (nSPS) is 16.8. The molecule has 1 aliphatic rings. The number of rotatable bonds is 4. The minimum Gasteiger partial charge on any atom is -0.497 e. The molecule has 2 aromatic carbocycles. The van der Waals surface area contributed by atoms with E-state index in [4.69, 9.17) is 4.74 Å². The van der Waals surface area contributed by atoms with E-state index in [0.717, 1.165) is 28.3 Å². The average molecular weight is 338 g/mol. The summed E-state index contributed by atoms with van der Waals surface area (Å²) in [6, 6.07) is 13.1. The molecule has 1 heterocycles. The lowest BCUT2D eigenvalue weighted by molar-refractivity contribution is -0.122. The van der Waals surface area contributed by atoms with E-state index < -0.39 is 0 Å². The van der Waals surface area contributed by atoms with Crippen LogP contribution in [0.25, 0.3) is 0 Å². The molecule has 0 bridgehead atoms. The van der Waals surface area contributed by atoms with E-state index in [1.807, 2.05) is 56.3 Å². The summed E-state index contributed by atoms with van der Waals surface area (Å²) in [6.45, 7) is 4.38. The van der Waals surface area contributed by atoms with Crippen LogP contribution in [0.1, 0.15) is 17.5 Å². The largest absolute Gasteiger partial charge is 0.497 e. The second-order valence-electron chi connectivity index (χ2n) is 6.34. The first-order valence-corrected chi connectivity index (χ1v) is 8.31. The lowest BCUT2D eigenvalue weighted by atomic mass is 10.1. The van der Waals surface area contributed by atoms with Gasteiger partial charge in [-0.25, -0.2) is 0 Å². The van der Waals surface area contributed by atoms with E-state index in [9.17, 15) is 9.59 Å².